The van der Waals surface area contributed by atoms with E-state index in [2.05, 4.69) is 38.3 Å². The third-order valence-electron chi connectivity index (χ3n) is 4.46. The molecule has 0 aromatic carbocycles. The minimum absolute atomic E-state index is 0.107. The Morgan fingerprint density at radius 3 is 2.20 bits per heavy atom. The van der Waals surface area contributed by atoms with Gasteiger partial charge in [0.05, 0.1) is 5.92 Å². The van der Waals surface area contributed by atoms with Crippen LogP contribution in [0.15, 0.2) is 0 Å². The van der Waals surface area contributed by atoms with Crippen molar-refractivity contribution in [1.82, 2.24) is 10.6 Å². The lowest BCUT2D eigenvalue weighted by Crippen LogP contribution is -2.46. The van der Waals surface area contributed by atoms with Gasteiger partial charge in [0.25, 0.3) is 0 Å². The Morgan fingerprint density at radius 2 is 1.75 bits per heavy atom. The number of nitrogens with one attached hydrogen (secondary N) is 2. The molecule has 1 aliphatic rings. The molecule has 20 heavy (non-hydrogen) atoms. The first-order valence-corrected chi connectivity index (χ1v) is 7.47. The second kappa shape index (κ2) is 6.95. The highest BCUT2D eigenvalue weighted by Crippen LogP contribution is 2.25. The largest absolute Gasteiger partial charge is 0.481 e. The number of amides is 2. The van der Waals surface area contributed by atoms with E-state index in [1.165, 1.54) is 0 Å². The van der Waals surface area contributed by atoms with Crippen LogP contribution in [0.3, 0.4) is 0 Å². The van der Waals surface area contributed by atoms with E-state index in [1.54, 1.807) is 0 Å². The third kappa shape index (κ3) is 5.39. The highest BCUT2D eigenvalue weighted by Gasteiger charge is 2.27. The molecule has 2 amide bonds. The standard InChI is InChI=1S/C15H28N2O3/c1-10(15(2,3)4)9-16-14(20)17-12-7-5-11(6-8-12)13(18)19/h10-12H,5-9H2,1-4H3,(H,18,19)(H2,16,17,20). The first-order valence-electron chi connectivity index (χ1n) is 7.47. The number of aliphatic carboxylic acids is 1. The van der Waals surface area contributed by atoms with Crippen LogP contribution in [0.4, 0.5) is 4.79 Å². The Hall–Kier alpha value is -1.26. The molecule has 1 fully saturated rings. The molecule has 0 aromatic rings. The van der Waals surface area contributed by atoms with Crippen molar-refractivity contribution >= 4 is 12.0 Å². The van der Waals surface area contributed by atoms with Crippen molar-refractivity contribution in [3.05, 3.63) is 0 Å². The molecule has 1 unspecified atom stereocenters. The van der Waals surface area contributed by atoms with Crippen LogP contribution in [-0.4, -0.2) is 29.7 Å². The molecule has 0 spiro atoms. The fraction of sp³-hybridized carbons (Fsp3) is 0.867. The molecule has 1 rings (SSSR count). The van der Waals surface area contributed by atoms with Gasteiger partial charge in [-0.2, -0.15) is 0 Å². The summed E-state index contributed by atoms with van der Waals surface area (Å²) in [4.78, 5) is 22.7. The lowest BCUT2D eigenvalue weighted by molar-refractivity contribution is -0.142. The van der Waals surface area contributed by atoms with Crippen molar-refractivity contribution in [1.29, 1.82) is 0 Å². The number of rotatable bonds is 4. The van der Waals surface area contributed by atoms with Crippen LogP contribution in [-0.2, 0) is 4.79 Å². The van der Waals surface area contributed by atoms with E-state index < -0.39 is 5.97 Å². The fourth-order valence-electron chi connectivity index (χ4n) is 2.27. The molecule has 0 bridgehead atoms. The number of hydrogen-bond acceptors (Lipinski definition) is 2. The predicted octanol–water partition coefficient (Wildman–Crippen LogP) is 2.61. The Labute approximate surface area is 121 Å². The number of urea groups is 1. The smallest absolute Gasteiger partial charge is 0.315 e. The van der Waals surface area contributed by atoms with Gasteiger partial charge in [-0.05, 0) is 37.0 Å². The summed E-state index contributed by atoms with van der Waals surface area (Å²) < 4.78 is 0. The maximum Gasteiger partial charge on any atom is 0.315 e. The maximum absolute atomic E-state index is 11.8. The summed E-state index contributed by atoms with van der Waals surface area (Å²) in [5.41, 5.74) is 0.173. The van der Waals surface area contributed by atoms with E-state index in [-0.39, 0.29) is 23.4 Å². The second-order valence-corrected chi connectivity index (χ2v) is 7.01. The second-order valence-electron chi connectivity index (χ2n) is 7.01. The SMILES string of the molecule is CC(CNC(=O)NC1CCC(C(=O)O)CC1)C(C)(C)C. The van der Waals surface area contributed by atoms with Crippen molar-refractivity contribution in [2.75, 3.05) is 6.54 Å². The molecule has 0 saturated heterocycles. The van der Waals surface area contributed by atoms with E-state index in [1.807, 2.05) is 0 Å². The molecule has 1 saturated carbocycles. The average Bonchev–Trinajstić information content (AvgIpc) is 2.35. The molecule has 1 aliphatic carbocycles. The van der Waals surface area contributed by atoms with Crippen LogP contribution in [0.1, 0.15) is 53.4 Å². The molecule has 1 atom stereocenters. The van der Waals surface area contributed by atoms with Crippen LogP contribution in [0.2, 0.25) is 0 Å². The normalized spacial score (nSPS) is 24.8. The van der Waals surface area contributed by atoms with Gasteiger partial charge in [0.15, 0.2) is 0 Å². The fourth-order valence-corrected chi connectivity index (χ4v) is 2.27. The van der Waals surface area contributed by atoms with Gasteiger partial charge in [0.2, 0.25) is 0 Å². The highest BCUT2D eigenvalue weighted by molar-refractivity contribution is 5.74. The summed E-state index contributed by atoms with van der Waals surface area (Å²) in [5, 5.41) is 14.8. The van der Waals surface area contributed by atoms with Crippen LogP contribution in [0, 0.1) is 17.3 Å². The summed E-state index contributed by atoms with van der Waals surface area (Å²) in [6, 6.07) is -0.0320. The monoisotopic (exact) mass is 284 g/mol. The summed E-state index contributed by atoms with van der Waals surface area (Å²) in [6.45, 7) is 9.25. The molecular formula is C15H28N2O3. The minimum Gasteiger partial charge on any atom is -0.481 e. The van der Waals surface area contributed by atoms with Crippen molar-refractivity contribution in [2.24, 2.45) is 17.3 Å². The van der Waals surface area contributed by atoms with E-state index in [9.17, 15) is 9.59 Å². The van der Waals surface area contributed by atoms with Crippen LogP contribution >= 0.6 is 0 Å². The zero-order valence-electron chi connectivity index (χ0n) is 13.0. The molecule has 0 aliphatic heterocycles. The van der Waals surface area contributed by atoms with Gasteiger partial charge in [0.1, 0.15) is 0 Å². The number of carboxylic acids is 1. The number of carbonyl (C=O) groups is 2. The van der Waals surface area contributed by atoms with Gasteiger partial charge in [-0.15, -0.1) is 0 Å². The highest BCUT2D eigenvalue weighted by atomic mass is 16.4. The average molecular weight is 284 g/mol. The molecular weight excluding hydrogens is 256 g/mol. The van der Waals surface area contributed by atoms with Crippen LogP contribution < -0.4 is 10.6 Å². The quantitative estimate of drug-likeness (QED) is 0.742. The van der Waals surface area contributed by atoms with Gasteiger partial charge >= 0.3 is 12.0 Å². The summed E-state index contributed by atoms with van der Waals surface area (Å²) in [7, 11) is 0. The molecule has 0 heterocycles. The minimum atomic E-state index is -0.716. The van der Waals surface area contributed by atoms with E-state index >= 15 is 0 Å². The first kappa shape index (κ1) is 16.8. The lowest BCUT2D eigenvalue weighted by atomic mass is 9.82. The zero-order valence-corrected chi connectivity index (χ0v) is 13.0. The van der Waals surface area contributed by atoms with Crippen LogP contribution in [0.5, 0.6) is 0 Å². The Kier molecular flexibility index (Phi) is 5.84. The van der Waals surface area contributed by atoms with Crippen molar-refractivity contribution < 1.29 is 14.7 Å². The first-order chi connectivity index (χ1) is 9.20. The zero-order chi connectivity index (χ0) is 15.3. The molecule has 3 N–H and O–H groups in total. The number of hydrogen-bond donors (Lipinski definition) is 3. The Bertz CT molecular complexity index is 342. The molecule has 0 aromatic heterocycles. The summed E-state index contributed by atoms with van der Waals surface area (Å²) in [5.74, 6) is -0.556. The maximum atomic E-state index is 11.8. The van der Waals surface area contributed by atoms with E-state index in [0.29, 0.717) is 25.3 Å². The number of carboxylic acid groups (broad SMARTS) is 1. The predicted molar refractivity (Wildman–Crippen MR) is 78.5 cm³/mol. The van der Waals surface area contributed by atoms with E-state index in [0.717, 1.165) is 12.8 Å². The third-order valence-corrected chi connectivity index (χ3v) is 4.46. The summed E-state index contributed by atoms with van der Waals surface area (Å²) >= 11 is 0. The number of carbonyl (C=O) groups excluding carboxylic acids is 1. The van der Waals surface area contributed by atoms with Gasteiger partial charge in [-0.25, -0.2) is 4.79 Å². The topological polar surface area (TPSA) is 78.4 Å². The molecule has 116 valence electrons. The van der Waals surface area contributed by atoms with Crippen molar-refractivity contribution in [3.8, 4) is 0 Å². The van der Waals surface area contributed by atoms with Crippen molar-refractivity contribution in [2.45, 2.75) is 59.4 Å². The van der Waals surface area contributed by atoms with Gasteiger partial charge in [-0.3, -0.25) is 4.79 Å². The molecule has 5 heteroatoms. The van der Waals surface area contributed by atoms with Crippen molar-refractivity contribution in [3.63, 3.8) is 0 Å². The van der Waals surface area contributed by atoms with Crippen LogP contribution in [0.25, 0.3) is 0 Å². The molecule has 5 nitrogen and oxygen atoms in total. The lowest BCUT2D eigenvalue weighted by Gasteiger charge is -2.29. The Morgan fingerprint density at radius 1 is 1.20 bits per heavy atom. The van der Waals surface area contributed by atoms with Gasteiger partial charge in [0, 0.05) is 12.6 Å². The van der Waals surface area contributed by atoms with E-state index in [4.69, 9.17) is 5.11 Å². The van der Waals surface area contributed by atoms with Gasteiger partial charge in [-0.1, -0.05) is 27.7 Å². The Balaban J connectivity index is 2.25. The van der Waals surface area contributed by atoms with Gasteiger partial charge < -0.3 is 15.7 Å². The summed E-state index contributed by atoms with van der Waals surface area (Å²) in [6.07, 6.45) is 2.80. The molecule has 0 radical (unpaired) electrons.